The molecule has 1 N–H and O–H groups in total. The quantitative estimate of drug-likeness (QED) is 0.402. The lowest BCUT2D eigenvalue weighted by Crippen LogP contribution is -1.95. The van der Waals surface area contributed by atoms with Gasteiger partial charge in [0.25, 0.3) is 0 Å². The molecule has 0 saturated heterocycles. The molecule has 0 spiro atoms. The van der Waals surface area contributed by atoms with Gasteiger partial charge in [-0.3, -0.25) is 14.9 Å². The first-order valence-electron chi connectivity index (χ1n) is 5.93. The first kappa shape index (κ1) is 14.7. The number of allylic oxidation sites excluding steroid dienone is 1. The van der Waals surface area contributed by atoms with E-state index in [9.17, 15) is 20.0 Å². The number of benzene rings is 2. The Morgan fingerprint density at radius 1 is 1.24 bits per heavy atom. The van der Waals surface area contributed by atoms with Gasteiger partial charge >= 0.3 is 5.69 Å². The summed E-state index contributed by atoms with van der Waals surface area (Å²) in [6, 6.07) is 10.5. The number of rotatable bonds is 4. The van der Waals surface area contributed by atoms with Crippen molar-refractivity contribution in [2.75, 3.05) is 0 Å². The maximum Gasteiger partial charge on any atom is 0.311 e. The number of nitro groups is 1. The van der Waals surface area contributed by atoms with Crippen LogP contribution in [0.3, 0.4) is 0 Å². The molecule has 0 heterocycles. The van der Waals surface area contributed by atoms with Gasteiger partial charge in [-0.05, 0) is 29.8 Å². The van der Waals surface area contributed by atoms with Gasteiger partial charge in [-0.15, -0.1) is 0 Å². The molecule has 0 aliphatic carbocycles. The molecule has 6 heteroatoms. The Kier molecular flexibility index (Phi) is 4.35. The van der Waals surface area contributed by atoms with E-state index in [0.29, 0.717) is 16.1 Å². The Morgan fingerprint density at radius 2 is 1.95 bits per heavy atom. The van der Waals surface area contributed by atoms with E-state index in [0.717, 1.165) is 0 Å². The third kappa shape index (κ3) is 3.46. The molecule has 0 aromatic heterocycles. The van der Waals surface area contributed by atoms with Crippen LogP contribution in [0.5, 0.6) is 5.75 Å². The zero-order chi connectivity index (χ0) is 15.4. The third-order valence-electron chi connectivity index (χ3n) is 2.76. The lowest BCUT2D eigenvalue weighted by molar-refractivity contribution is -0.385. The van der Waals surface area contributed by atoms with Gasteiger partial charge in [0.05, 0.1) is 9.95 Å². The second-order valence-corrected chi connectivity index (χ2v) is 4.59. The van der Waals surface area contributed by atoms with Crippen LogP contribution < -0.4 is 0 Å². The fourth-order valence-corrected chi connectivity index (χ4v) is 1.94. The van der Waals surface area contributed by atoms with Crippen molar-refractivity contribution < 1.29 is 14.8 Å². The maximum absolute atomic E-state index is 12.0. The molecule has 2 aromatic rings. The molecule has 0 aliphatic rings. The number of nitro benzene ring substituents is 1. The second-order valence-electron chi connectivity index (χ2n) is 4.18. The summed E-state index contributed by atoms with van der Waals surface area (Å²) in [7, 11) is 0. The van der Waals surface area contributed by atoms with E-state index in [2.05, 4.69) is 0 Å². The number of phenolic OH excluding ortho intramolecular Hbond substituents is 1. The van der Waals surface area contributed by atoms with Gasteiger partial charge in [-0.25, -0.2) is 0 Å². The largest absolute Gasteiger partial charge is 0.502 e. The van der Waals surface area contributed by atoms with Gasteiger partial charge in [0.2, 0.25) is 0 Å². The molecule has 0 amide bonds. The standard InChI is InChI=1S/C15H10ClNO4/c16-12-4-2-1-3-11(12)14(18)7-5-10-6-8-15(19)13(9-10)17(20)21/h1-9,19H/b7-5+. The molecule has 5 nitrogen and oxygen atoms in total. The molecule has 2 rings (SSSR count). The number of hydrogen-bond donors (Lipinski definition) is 1. The van der Waals surface area contributed by atoms with Crippen molar-refractivity contribution in [3.63, 3.8) is 0 Å². The van der Waals surface area contributed by atoms with Gasteiger partial charge in [0, 0.05) is 11.6 Å². The minimum atomic E-state index is -0.692. The van der Waals surface area contributed by atoms with Crippen molar-refractivity contribution in [1.82, 2.24) is 0 Å². The fourth-order valence-electron chi connectivity index (χ4n) is 1.71. The molecule has 0 fully saturated rings. The van der Waals surface area contributed by atoms with Crippen molar-refractivity contribution in [3.8, 4) is 5.75 Å². The molecule has 0 saturated carbocycles. The summed E-state index contributed by atoms with van der Waals surface area (Å²) >= 11 is 5.91. The summed E-state index contributed by atoms with van der Waals surface area (Å²) in [5.74, 6) is -0.731. The molecule has 2 aromatic carbocycles. The van der Waals surface area contributed by atoms with Gasteiger partial charge in [-0.1, -0.05) is 35.9 Å². The van der Waals surface area contributed by atoms with Crippen LogP contribution in [0.4, 0.5) is 5.69 Å². The average Bonchev–Trinajstić information content (AvgIpc) is 2.46. The summed E-state index contributed by atoms with van der Waals surface area (Å²) in [5.41, 5.74) is 0.367. The van der Waals surface area contributed by atoms with Gasteiger partial charge in [-0.2, -0.15) is 0 Å². The predicted octanol–water partition coefficient (Wildman–Crippen LogP) is 3.85. The van der Waals surface area contributed by atoms with E-state index in [1.807, 2.05) is 0 Å². The van der Waals surface area contributed by atoms with E-state index >= 15 is 0 Å². The van der Waals surface area contributed by atoms with Gasteiger partial charge in [0.1, 0.15) is 0 Å². The highest BCUT2D eigenvalue weighted by atomic mass is 35.5. The summed E-state index contributed by atoms with van der Waals surface area (Å²) in [6.07, 6.45) is 2.70. The van der Waals surface area contributed by atoms with E-state index in [-0.39, 0.29) is 5.78 Å². The minimum absolute atomic E-state index is 0.309. The summed E-state index contributed by atoms with van der Waals surface area (Å²) < 4.78 is 0. The molecular formula is C15H10ClNO4. The Hall–Kier alpha value is -2.66. The van der Waals surface area contributed by atoms with Crippen molar-refractivity contribution in [3.05, 3.63) is 74.8 Å². The van der Waals surface area contributed by atoms with Crippen LogP contribution in [0.1, 0.15) is 15.9 Å². The van der Waals surface area contributed by atoms with Crippen LogP contribution in [-0.4, -0.2) is 15.8 Å². The second kappa shape index (κ2) is 6.19. The minimum Gasteiger partial charge on any atom is -0.502 e. The molecule has 0 radical (unpaired) electrons. The van der Waals surface area contributed by atoms with Crippen LogP contribution in [0, 0.1) is 10.1 Å². The monoisotopic (exact) mass is 303 g/mol. The first-order chi connectivity index (χ1) is 9.99. The SMILES string of the molecule is O=C(/C=C/c1ccc(O)c([N+](=O)[O-])c1)c1ccccc1Cl. The van der Waals surface area contributed by atoms with Crippen LogP contribution in [0.2, 0.25) is 5.02 Å². The third-order valence-corrected chi connectivity index (χ3v) is 3.09. The molecule has 0 bridgehead atoms. The fraction of sp³-hybridized carbons (Fsp3) is 0. The molecule has 0 aliphatic heterocycles. The average molecular weight is 304 g/mol. The van der Waals surface area contributed by atoms with Crippen LogP contribution >= 0.6 is 11.6 Å². The predicted molar refractivity (Wildman–Crippen MR) is 79.6 cm³/mol. The number of hydrogen-bond acceptors (Lipinski definition) is 4. The number of halogens is 1. The van der Waals surface area contributed by atoms with Crippen molar-refractivity contribution in [2.24, 2.45) is 0 Å². The van der Waals surface area contributed by atoms with E-state index in [1.54, 1.807) is 24.3 Å². The Morgan fingerprint density at radius 3 is 2.62 bits per heavy atom. The lowest BCUT2D eigenvalue weighted by Gasteiger charge is -1.99. The van der Waals surface area contributed by atoms with Crippen molar-refractivity contribution in [1.29, 1.82) is 0 Å². The van der Waals surface area contributed by atoms with E-state index < -0.39 is 16.4 Å². The summed E-state index contributed by atoms with van der Waals surface area (Å²) in [4.78, 5) is 22.0. The van der Waals surface area contributed by atoms with E-state index in [1.165, 1.54) is 30.4 Å². The lowest BCUT2D eigenvalue weighted by atomic mass is 10.1. The topological polar surface area (TPSA) is 80.4 Å². The summed E-state index contributed by atoms with van der Waals surface area (Å²) in [6.45, 7) is 0. The zero-order valence-electron chi connectivity index (χ0n) is 10.7. The van der Waals surface area contributed by atoms with Gasteiger partial charge in [0.15, 0.2) is 11.5 Å². The number of aromatic hydroxyl groups is 1. The Balaban J connectivity index is 2.26. The first-order valence-corrected chi connectivity index (χ1v) is 6.31. The molecule has 106 valence electrons. The highest BCUT2D eigenvalue weighted by Gasteiger charge is 2.13. The van der Waals surface area contributed by atoms with Crippen LogP contribution in [0.15, 0.2) is 48.5 Å². The highest BCUT2D eigenvalue weighted by Crippen LogP contribution is 2.27. The zero-order valence-corrected chi connectivity index (χ0v) is 11.4. The molecule has 0 atom stereocenters. The van der Waals surface area contributed by atoms with E-state index in [4.69, 9.17) is 11.6 Å². The number of ketones is 1. The number of carbonyl (C=O) groups is 1. The normalized spacial score (nSPS) is 10.7. The van der Waals surface area contributed by atoms with Crippen molar-refractivity contribution >= 4 is 29.1 Å². The summed E-state index contributed by atoms with van der Waals surface area (Å²) in [5, 5.41) is 20.4. The number of carbonyl (C=O) groups excluding carboxylic acids is 1. The van der Waals surface area contributed by atoms with Crippen molar-refractivity contribution in [2.45, 2.75) is 0 Å². The Labute approximate surface area is 125 Å². The molecule has 0 unspecified atom stereocenters. The van der Waals surface area contributed by atoms with Crippen LogP contribution in [0.25, 0.3) is 6.08 Å². The number of phenols is 1. The molecule has 21 heavy (non-hydrogen) atoms. The van der Waals surface area contributed by atoms with Gasteiger partial charge < -0.3 is 5.11 Å². The number of nitrogens with zero attached hydrogens (tertiary/aromatic N) is 1. The molecular weight excluding hydrogens is 294 g/mol. The maximum atomic E-state index is 12.0. The highest BCUT2D eigenvalue weighted by molar-refractivity contribution is 6.34. The smallest absolute Gasteiger partial charge is 0.311 e. The van der Waals surface area contributed by atoms with Crippen LogP contribution in [-0.2, 0) is 0 Å². The Bertz CT molecular complexity index is 740.